The summed E-state index contributed by atoms with van der Waals surface area (Å²) in [5.74, 6) is 0. The zero-order valence-electron chi connectivity index (χ0n) is 8.57. The lowest BCUT2D eigenvalue weighted by Crippen LogP contribution is -2.21. The Hall–Kier alpha value is -1.71. The summed E-state index contributed by atoms with van der Waals surface area (Å²) < 4.78 is 0. The Morgan fingerprint density at radius 2 is 2.07 bits per heavy atom. The van der Waals surface area contributed by atoms with Crippen molar-refractivity contribution in [3.63, 3.8) is 0 Å². The van der Waals surface area contributed by atoms with Gasteiger partial charge in [-0.15, -0.1) is 0 Å². The molecule has 0 aromatic heterocycles. The molecule has 0 aliphatic heterocycles. The van der Waals surface area contributed by atoms with Crippen LogP contribution in [0.1, 0.15) is 18.4 Å². The maximum atomic E-state index is 10.2. The van der Waals surface area contributed by atoms with Gasteiger partial charge in [0, 0.05) is 12.2 Å². The van der Waals surface area contributed by atoms with Crippen molar-refractivity contribution in [2.75, 3.05) is 12.3 Å². The van der Waals surface area contributed by atoms with Crippen LogP contribution in [-0.2, 0) is 6.42 Å². The van der Waals surface area contributed by atoms with Crippen LogP contribution in [0.2, 0.25) is 0 Å². The van der Waals surface area contributed by atoms with E-state index in [9.17, 15) is 4.79 Å². The molecule has 0 fully saturated rings. The minimum absolute atomic E-state index is 0.502. The molecule has 0 bridgehead atoms. The van der Waals surface area contributed by atoms with Gasteiger partial charge in [-0.1, -0.05) is 18.2 Å². The molecule has 0 aliphatic carbocycles. The van der Waals surface area contributed by atoms with Crippen molar-refractivity contribution in [2.45, 2.75) is 19.3 Å². The summed E-state index contributed by atoms with van der Waals surface area (Å²) in [6.45, 7) is 0.502. The van der Waals surface area contributed by atoms with Crippen molar-refractivity contribution in [3.05, 3.63) is 29.8 Å². The van der Waals surface area contributed by atoms with E-state index in [0.29, 0.717) is 6.54 Å². The highest BCUT2D eigenvalue weighted by Crippen LogP contribution is 2.13. The second-order valence-corrected chi connectivity index (χ2v) is 3.39. The lowest BCUT2D eigenvalue weighted by molar-refractivity contribution is 0.194. The molecule has 0 saturated carbocycles. The summed E-state index contributed by atoms with van der Waals surface area (Å²) in [5.41, 5.74) is 7.71. The SMILES string of the molecule is Nc1ccccc1CCCCNC(=O)O. The number of nitrogen functional groups attached to an aromatic ring is 1. The van der Waals surface area contributed by atoms with Crippen molar-refractivity contribution >= 4 is 11.8 Å². The maximum absolute atomic E-state index is 10.2. The van der Waals surface area contributed by atoms with E-state index in [2.05, 4.69) is 5.32 Å². The fraction of sp³-hybridized carbons (Fsp3) is 0.364. The van der Waals surface area contributed by atoms with Crippen LogP contribution in [0.4, 0.5) is 10.5 Å². The van der Waals surface area contributed by atoms with Gasteiger partial charge in [0.15, 0.2) is 0 Å². The molecular formula is C11H16N2O2. The van der Waals surface area contributed by atoms with Gasteiger partial charge >= 0.3 is 6.09 Å². The van der Waals surface area contributed by atoms with Gasteiger partial charge in [0.05, 0.1) is 0 Å². The molecule has 0 unspecified atom stereocenters. The molecule has 4 N–H and O–H groups in total. The number of hydrogen-bond donors (Lipinski definition) is 3. The number of benzene rings is 1. The van der Waals surface area contributed by atoms with Gasteiger partial charge in [-0.3, -0.25) is 0 Å². The zero-order chi connectivity index (χ0) is 11.1. The summed E-state index contributed by atoms with van der Waals surface area (Å²) in [5, 5.41) is 10.7. The largest absolute Gasteiger partial charge is 0.465 e. The molecule has 1 amide bonds. The quantitative estimate of drug-likeness (QED) is 0.510. The lowest BCUT2D eigenvalue weighted by atomic mass is 10.1. The average molecular weight is 208 g/mol. The van der Waals surface area contributed by atoms with Crippen molar-refractivity contribution in [1.29, 1.82) is 0 Å². The molecule has 0 atom stereocenters. The highest BCUT2D eigenvalue weighted by molar-refractivity contribution is 5.64. The second-order valence-electron chi connectivity index (χ2n) is 3.39. The van der Waals surface area contributed by atoms with Crippen LogP contribution >= 0.6 is 0 Å². The Morgan fingerprint density at radius 1 is 1.33 bits per heavy atom. The van der Waals surface area contributed by atoms with E-state index in [1.165, 1.54) is 0 Å². The van der Waals surface area contributed by atoms with E-state index < -0.39 is 6.09 Å². The summed E-state index contributed by atoms with van der Waals surface area (Å²) in [7, 11) is 0. The van der Waals surface area contributed by atoms with E-state index >= 15 is 0 Å². The highest BCUT2D eigenvalue weighted by Gasteiger charge is 1.98. The van der Waals surface area contributed by atoms with Crippen LogP contribution in [0.25, 0.3) is 0 Å². The van der Waals surface area contributed by atoms with Crippen LogP contribution in [0, 0.1) is 0 Å². The molecule has 0 radical (unpaired) electrons. The predicted molar refractivity (Wildman–Crippen MR) is 59.8 cm³/mol. The second kappa shape index (κ2) is 5.90. The number of nitrogens with two attached hydrogens (primary N) is 1. The number of aryl methyl sites for hydroxylation is 1. The molecule has 0 saturated heterocycles. The fourth-order valence-corrected chi connectivity index (χ4v) is 1.40. The first-order valence-corrected chi connectivity index (χ1v) is 5.00. The van der Waals surface area contributed by atoms with Crippen LogP contribution in [0.15, 0.2) is 24.3 Å². The van der Waals surface area contributed by atoms with Gasteiger partial charge in [0.1, 0.15) is 0 Å². The van der Waals surface area contributed by atoms with Gasteiger partial charge in [0.2, 0.25) is 0 Å². The van der Waals surface area contributed by atoms with E-state index in [4.69, 9.17) is 10.8 Å². The van der Waals surface area contributed by atoms with Crippen molar-refractivity contribution in [1.82, 2.24) is 5.32 Å². The molecule has 1 aromatic rings. The Bertz CT molecular complexity index is 326. The number of nitrogens with one attached hydrogen (secondary N) is 1. The van der Waals surface area contributed by atoms with Gasteiger partial charge in [-0.05, 0) is 30.9 Å². The molecule has 0 spiro atoms. The highest BCUT2D eigenvalue weighted by atomic mass is 16.4. The van der Waals surface area contributed by atoms with Gasteiger partial charge < -0.3 is 16.2 Å². The molecule has 4 nitrogen and oxygen atoms in total. The lowest BCUT2D eigenvalue weighted by Gasteiger charge is -2.04. The van der Waals surface area contributed by atoms with E-state index in [0.717, 1.165) is 30.5 Å². The summed E-state index contributed by atoms with van der Waals surface area (Å²) >= 11 is 0. The molecule has 15 heavy (non-hydrogen) atoms. The molecule has 0 heterocycles. The van der Waals surface area contributed by atoms with Crippen molar-refractivity contribution < 1.29 is 9.90 Å². The zero-order valence-corrected chi connectivity index (χ0v) is 8.57. The van der Waals surface area contributed by atoms with Gasteiger partial charge in [-0.25, -0.2) is 4.79 Å². The topological polar surface area (TPSA) is 75.3 Å². The summed E-state index contributed by atoms with van der Waals surface area (Å²) in [6, 6.07) is 7.75. The smallest absolute Gasteiger partial charge is 0.404 e. The third-order valence-corrected chi connectivity index (χ3v) is 2.20. The normalized spacial score (nSPS) is 9.87. The summed E-state index contributed by atoms with van der Waals surface area (Å²) in [4.78, 5) is 10.2. The molecule has 4 heteroatoms. The third-order valence-electron chi connectivity index (χ3n) is 2.20. The Morgan fingerprint density at radius 3 is 2.73 bits per heavy atom. The number of unbranched alkanes of at least 4 members (excludes halogenated alkanes) is 1. The first-order valence-electron chi connectivity index (χ1n) is 5.00. The Labute approximate surface area is 89.1 Å². The van der Waals surface area contributed by atoms with Gasteiger partial charge in [-0.2, -0.15) is 0 Å². The number of carboxylic acid groups (broad SMARTS) is 1. The number of amides is 1. The molecule has 82 valence electrons. The van der Waals surface area contributed by atoms with Gasteiger partial charge in [0.25, 0.3) is 0 Å². The number of anilines is 1. The van der Waals surface area contributed by atoms with E-state index in [-0.39, 0.29) is 0 Å². The number of para-hydroxylation sites is 1. The van der Waals surface area contributed by atoms with Crippen LogP contribution < -0.4 is 11.1 Å². The predicted octanol–water partition coefficient (Wildman–Crippen LogP) is 1.86. The number of carbonyl (C=O) groups is 1. The standard InChI is InChI=1S/C11H16N2O2/c12-10-7-2-1-5-9(10)6-3-4-8-13-11(14)15/h1-2,5,7,13H,3-4,6,8,12H2,(H,14,15). The molecule has 0 aliphatic rings. The monoisotopic (exact) mass is 208 g/mol. The summed E-state index contributed by atoms with van der Waals surface area (Å²) in [6.07, 6.45) is 1.71. The van der Waals surface area contributed by atoms with Crippen LogP contribution in [0.5, 0.6) is 0 Å². The van der Waals surface area contributed by atoms with Crippen LogP contribution in [-0.4, -0.2) is 17.7 Å². The molecular weight excluding hydrogens is 192 g/mol. The fourth-order valence-electron chi connectivity index (χ4n) is 1.40. The van der Waals surface area contributed by atoms with Crippen molar-refractivity contribution in [2.24, 2.45) is 0 Å². The maximum Gasteiger partial charge on any atom is 0.404 e. The van der Waals surface area contributed by atoms with Crippen LogP contribution in [0.3, 0.4) is 0 Å². The minimum atomic E-state index is -0.964. The average Bonchev–Trinajstić information content (AvgIpc) is 2.20. The third kappa shape index (κ3) is 4.35. The van der Waals surface area contributed by atoms with E-state index in [1.807, 2.05) is 24.3 Å². The Kier molecular flexibility index (Phi) is 4.47. The number of rotatable bonds is 5. The first-order chi connectivity index (χ1) is 7.20. The number of hydrogen-bond acceptors (Lipinski definition) is 2. The first kappa shape index (κ1) is 11.4. The van der Waals surface area contributed by atoms with E-state index in [1.54, 1.807) is 0 Å². The molecule has 1 aromatic carbocycles. The minimum Gasteiger partial charge on any atom is -0.465 e. The molecule has 1 rings (SSSR count). The Balaban J connectivity index is 2.21. The van der Waals surface area contributed by atoms with Crippen molar-refractivity contribution in [3.8, 4) is 0 Å².